The first-order chi connectivity index (χ1) is 7.63. The van der Waals surface area contributed by atoms with Gasteiger partial charge >= 0.3 is 5.97 Å². The summed E-state index contributed by atoms with van der Waals surface area (Å²) < 4.78 is 4.82. The minimum atomic E-state index is -0.579. The van der Waals surface area contributed by atoms with E-state index in [1.807, 2.05) is 6.92 Å². The number of benzene rings is 1. The second-order valence-corrected chi connectivity index (χ2v) is 3.22. The zero-order valence-corrected chi connectivity index (χ0v) is 9.28. The van der Waals surface area contributed by atoms with Crippen LogP contribution in [0.3, 0.4) is 0 Å². The van der Waals surface area contributed by atoms with E-state index in [1.54, 1.807) is 19.1 Å². The van der Waals surface area contributed by atoms with E-state index in [9.17, 15) is 9.90 Å². The Labute approximate surface area is 94.1 Å². The molecule has 0 saturated carbocycles. The second-order valence-electron chi connectivity index (χ2n) is 3.22. The Balaban J connectivity index is 3.29. The molecule has 1 N–H and O–H groups in total. The number of aryl methyl sites for hydroxylation is 1. The van der Waals surface area contributed by atoms with E-state index in [4.69, 9.17) is 10.00 Å². The summed E-state index contributed by atoms with van der Waals surface area (Å²) in [4.78, 5) is 11.6. The zero-order valence-electron chi connectivity index (χ0n) is 9.28. The van der Waals surface area contributed by atoms with Crippen LogP contribution in [0.5, 0.6) is 5.75 Å². The number of carbonyl (C=O) groups is 1. The third kappa shape index (κ3) is 2.31. The Kier molecular flexibility index (Phi) is 3.90. The maximum Gasteiger partial charge on any atom is 0.339 e. The van der Waals surface area contributed by atoms with Crippen molar-refractivity contribution in [2.75, 3.05) is 6.61 Å². The maximum absolute atomic E-state index is 11.6. The highest BCUT2D eigenvalue weighted by atomic mass is 16.5. The molecule has 0 aliphatic rings. The fourth-order valence-electron chi connectivity index (χ4n) is 1.38. The summed E-state index contributed by atoms with van der Waals surface area (Å²) >= 11 is 0. The van der Waals surface area contributed by atoms with Gasteiger partial charge in [0.05, 0.1) is 12.2 Å². The average Bonchev–Trinajstić information content (AvgIpc) is 2.28. The molecule has 1 aromatic carbocycles. The number of rotatable bonds is 3. The minimum absolute atomic E-state index is 0.0318. The Bertz CT molecular complexity index is 446. The van der Waals surface area contributed by atoms with Gasteiger partial charge < -0.3 is 9.84 Å². The van der Waals surface area contributed by atoms with Gasteiger partial charge in [0.2, 0.25) is 0 Å². The predicted octanol–water partition coefficient (Wildman–Crippen LogP) is 2.00. The fourth-order valence-corrected chi connectivity index (χ4v) is 1.38. The average molecular weight is 219 g/mol. The number of nitrogens with zero attached hydrogens (tertiary/aromatic N) is 1. The number of carbonyl (C=O) groups excluding carboxylic acids is 1. The Morgan fingerprint density at radius 3 is 2.69 bits per heavy atom. The second kappa shape index (κ2) is 5.17. The van der Waals surface area contributed by atoms with E-state index in [1.165, 1.54) is 6.07 Å². The molecule has 4 nitrogen and oxygen atoms in total. The number of esters is 1. The van der Waals surface area contributed by atoms with Crippen LogP contribution >= 0.6 is 0 Å². The first-order valence-corrected chi connectivity index (χ1v) is 5.07. The summed E-state index contributed by atoms with van der Waals surface area (Å²) in [5.41, 5.74) is 0.886. The lowest BCUT2D eigenvalue weighted by Gasteiger charge is -2.07. The van der Waals surface area contributed by atoms with Crippen molar-refractivity contribution >= 4 is 5.97 Å². The first kappa shape index (κ1) is 12.1. The first-order valence-electron chi connectivity index (χ1n) is 5.07. The Hall–Kier alpha value is -2.02. The van der Waals surface area contributed by atoms with Crippen molar-refractivity contribution in [1.29, 1.82) is 5.26 Å². The third-order valence-electron chi connectivity index (χ3n) is 2.19. The van der Waals surface area contributed by atoms with Crippen LogP contribution in [0.15, 0.2) is 12.1 Å². The quantitative estimate of drug-likeness (QED) is 0.789. The number of ether oxygens (including phenoxy) is 1. The number of nitriles is 1. The molecule has 1 rings (SSSR count). The predicted molar refractivity (Wildman–Crippen MR) is 58.2 cm³/mol. The van der Waals surface area contributed by atoms with Gasteiger partial charge in [-0.2, -0.15) is 5.26 Å². The van der Waals surface area contributed by atoms with Crippen LogP contribution in [0.4, 0.5) is 0 Å². The van der Waals surface area contributed by atoms with Crippen LogP contribution in [0, 0.1) is 11.3 Å². The van der Waals surface area contributed by atoms with Crippen LogP contribution in [0.2, 0.25) is 0 Å². The Morgan fingerprint density at radius 2 is 2.19 bits per heavy atom. The lowest BCUT2D eigenvalue weighted by atomic mass is 10.0. The lowest BCUT2D eigenvalue weighted by molar-refractivity contribution is 0.0525. The van der Waals surface area contributed by atoms with Gasteiger partial charge in [0.1, 0.15) is 17.4 Å². The minimum Gasteiger partial charge on any atom is -0.507 e. The molecule has 0 aliphatic carbocycles. The molecule has 84 valence electrons. The van der Waals surface area contributed by atoms with Gasteiger partial charge in [0, 0.05) is 0 Å². The molecular formula is C12H13NO3. The molecule has 4 heteroatoms. The molecule has 0 heterocycles. The largest absolute Gasteiger partial charge is 0.507 e. The topological polar surface area (TPSA) is 70.3 Å². The number of phenolic OH excluding ortho intramolecular Hbond substituents is 1. The van der Waals surface area contributed by atoms with E-state index >= 15 is 0 Å². The maximum atomic E-state index is 11.6. The monoisotopic (exact) mass is 219 g/mol. The fraction of sp³-hybridized carbons (Fsp3) is 0.333. The highest BCUT2D eigenvalue weighted by Gasteiger charge is 2.17. The van der Waals surface area contributed by atoms with Crippen LogP contribution < -0.4 is 0 Å². The van der Waals surface area contributed by atoms with Gasteiger partial charge in [-0.3, -0.25) is 0 Å². The van der Waals surface area contributed by atoms with E-state index in [0.717, 1.165) is 5.56 Å². The van der Waals surface area contributed by atoms with Gasteiger partial charge in [0.25, 0.3) is 0 Å². The van der Waals surface area contributed by atoms with Crippen LogP contribution in [-0.4, -0.2) is 17.7 Å². The molecule has 0 fully saturated rings. The van der Waals surface area contributed by atoms with Crippen LogP contribution in [0.25, 0.3) is 0 Å². The summed E-state index contributed by atoms with van der Waals surface area (Å²) in [5, 5.41) is 18.5. The van der Waals surface area contributed by atoms with Crippen molar-refractivity contribution in [2.45, 2.75) is 20.3 Å². The van der Waals surface area contributed by atoms with Crippen molar-refractivity contribution in [3.05, 3.63) is 28.8 Å². The van der Waals surface area contributed by atoms with E-state index in [2.05, 4.69) is 0 Å². The molecule has 1 aromatic rings. The third-order valence-corrected chi connectivity index (χ3v) is 2.19. The van der Waals surface area contributed by atoms with Crippen molar-refractivity contribution in [1.82, 2.24) is 0 Å². The molecule has 0 atom stereocenters. The van der Waals surface area contributed by atoms with Crippen molar-refractivity contribution in [2.24, 2.45) is 0 Å². The molecule has 0 unspecified atom stereocenters. The van der Waals surface area contributed by atoms with Gasteiger partial charge in [-0.15, -0.1) is 0 Å². The zero-order chi connectivity index (χ0) is 12.1. The molecule has 0 aliphatic heterocycles. The van der Waals surface area contributed by atoms with Crippen molar-refractivity contribution in [3.63, 3.8) is 0 Å². The number of phenols is 1. The standard InChI is InChI=1S/C12H13NO3/c1-3-8-5-9(12(15)16-4-2)10(7-13)11(14)6-8/h5-6,14H,3-4H2,1-2H3. The molecular weight excluding hydrogens is 206 g/mol. The van der Waals surface area contributed by atoms with Gasteiger partial charge in [-0.25, -0.2) is 4.79 Å². The molecule has 0 spiro atoms. The highest BCUT2D eigenvalue weighted by Crippen LogP contribution is 2.23. The van der Waals surface area contributed by atoms with Gasteiger partial charge in [-0.1, -0.05) is 6.92 Å². The normalized spacial score (nSPS) is 9.56. The van der Waals surface area contributed by atoms with Gasteiger partial charge in [0.15, 0.2) is 0 Å². The van der Waals surface area contributed by atoms with Crippen molar-refractivity contribution < 1.29 is 14.6 Å². The van der Waals surface area contributed by atoms with Crippen LogP contribution in [0.1, 0.15) is 35.3 Å². The summed E-state index contributed by atoms with van der Waals surface area (Å²) in [6.45, 7) is 3.82. The summed E-state index contributed by atoms with van der Waals surface area (Å²) in [6, 6.07) is 4.87. The van der Waals surface area contributed by atoms with E-state index in [-0.39, 0.29) is 23.5 Å². The number of hydrogen-bond acceptors (Lipinski definition) is 4. The van der Waals surface area contributed by atoms with E-state index in [0.29, 0.717) is 6.42 Å². The molecule has 16 heavy (non-hydrogen) atoms. The van der Waals surface area contributed by atoms with Gasteiger partial charge in [-0.05, 0) is 31.0 Å². The summed E-state index contributed by atoms with van der Waals surface area (Å²) in [7, 11) is 0. The smallest absolute Gasteiger partial charge is 0.339 e. The molecule has 0 bridgehead atoms. The lowest BCUT2D eigenvalue weighted by Crippen LogP contribution is -2.08. The molecule has 0 amide bonds. The molecule has 0 aromatic heterocycles. The molecule has 0 saturated heterocycles. The van der Waals surface area contributed by atoms with E-state index < -0.39 is 5.97 Å². The summed E-state index contributed by atoms with van der Waals surface area (Å²) in [5.74, 6) is -0.755. The van der Waals surface area contributed by atoms with Crippen LogP contribution in [-0.2, 0) is 11.2 Å². The molecule has 0 radical (unpaired) electrons. The van der Waals surface area contributed by atoms with Crippen molar-refractivity contribution in [3.8, 4) is 11.8 Å². The SMILES string of the molecule is CCOC(=O)c1cc(CC)cc(O)c1C#N. The summed E-state index contributed by atoms with van der Waals surface area (Å²) in [6.07, 6.45) is 0.672. The number of aromatic hydroxyl groups is 1. The Morgan fingerprint density at radius 1 is 1.50 bits per heavy atom. The number of hydrogen-bond donors (Lipinski definition) is 1. The highest BCUT2D eigenvalue weighted by molar-refractivity contribution is 5.93.